The molecule has 6 heteroatoms. The molecule has 0 radical (unpaired) electrons. The quantitative estimate of drug-likeness (QED) is 0.382. The van der Waals surface area contributed by atoms with Crippen molar-refractivity contribution in [2.75, 3.05) is 21.3 Å². The monoisotopic (exact) mass is 455 g/mol. The number of rotatable bonds is 7. The van der Waals surface area contributed by atoms with Gasteiger partial charge in [-0.1, -0.05) is 42.5 Å². The highest BCUT2D eigenvalue weighted by molar-refractivity contribution is 14.0. The van der Waals surface area contributed by atoms with Gasteiger partial charge in [0.25, 0.3) is 0 Å². The van der Waals surface area contributed by atoms with Gasteiger partial charge < -0.3 is 20.1 Å². The summed E-state index contributed by atoms with van der Waals surface area (Å²) in [5, 5.41) is 6.62. The normalized spacial score (nSPS) is 10.8. The molecule has 0 unspecified atom stereocenters. The number of nitrogens with one attached hydrogen (secondary N) is 2. The van der Waals surface area contributed by atoms with Gasteiger partial charge in [0.15, 0.2) is 5.96 Å². The summed E-state index contributed by atoms with van der Waals surface area (Å²) in [4.78, 5) is 4.26. The summed E-state index contributed by atoms with van der Waals surface area (Å²) in [6.07, 6.45) is 0. The van der Waals surface area contributed by atoms with Gasteiger partial charge in [0.05, 0.1) is 13.7 Å². The van der Waals surface area contributed by atoms with E-state index in [2.05, 4.69) is 33.8 Å². The Kier molecular flexibility index (Phi) is 9.94. The first-order valence-electron chi connectivity index (χ1n) is 7.90. The molecule has 0 fully saturated rings. The molecule has 25 heavy (non-hydrogen) atoms. The number of halogens is 1. The van der Waals surface area contributed by atoms with Crippen LogP contribution in [0, 0.1) is 0 Å². The fourth-order valence-corrected chi connectivity index (χ4v) is 2.43. The second kappa shape index (κ2) is 11.7. The maximum Gasteiger partial charge on any atom is 0.191 e. The molecule has 136 valence electrons. The third-order valence-corrected chi connectivity index (χ3v) is 3.62. The topological polar surface area (TPSA) is 54.9 Å². The summed E-state index contributed by atoms with van der Waals surface area (Å²) >= 11 is 0. The van der Waals surface area contributed by atoms with E-state index in [1.165, 1.54) is 5.56 Å². The van der Waals surface area contributed by atoms with E-state index in [0.717, 1.165) is 22.8 Å². The first-order chi connectivity index (χ1) is 11.8. The van der Waals surface area contributed by atoms with Crippen molar-refractivity contribution in [1.82, 2.24) is 10.6 Å². The number of methoxy groups -OCH3 is 2. The molecule has 0 aromatic heterocycles. The van der Waals surface area contributed by atoms with Crippen LogP contribution in [0.4, 0.5) is 0 Å². The average molecular weight is 455 g/mol. The van der Waals surface area contributed by atoms with Crippen molar-refractivity contribution in [3.05, 3.63) is 65.2 Å². The van der Waals surface area contributed by atoms with Crippen LogP contribution in [0.3, 0.4) is 0 Å². The molecule has 0 bridgehead atoms. The Balaban J connectivity index is 0.00000312. The second-order valence-corrected chi connectivity index (χ2v) is 5.34. The zero-order valence-corrected chi connectivity index (χ0v) is 17.2. The maximum absolute atomic E-state index is 5.36. The Morgan fingerprint density at radius 1 is 0.960 bits per heavy atom. The molecule has 0 aliphatic heterocycles. The Hall–Kier alpha value is -1.80. The lowest BCUT2D eigenvalue weighted by Crippen LogP contribution is -2.36. The van der Waals surface area contributed by atoms with Crippen LogP contribution in [-0.4, -0.2) is 27.2 Å². The Labute approximate surface area is 166 Å². The van der Waals surface area contributed by atoms with Gasteiger partial charge in [-0.25, -0.2) is 0 Å². The first-order valence-corrected chi connectivity index (χ1v) is 7.90. The van der Waals surface area contributed by atoms with E-state index >= 15 is 0 Å². The minimum absolute atomic E-state index is 0. The van der Waals surface area contributed by atoms with Crippen molar-refractivity contribution >= 4 is 29.9 Å². The fraction of sp³-hybridized carbons (Fsp3) is 0.316. The smallest absolute Gasteiger partial charge is 0.191 e. The van der Waals surface area contributed by atoms with Crippen LogP contribution in [-0.2, 0) is 24.4 Å². The number of aliphatic imine (C=N–C) groups is 1. The van der Waals surface area contributed by atoms with Crippen LogP contribution >= 0.6 is 24.0 Å². The van der Waals surface area contributed by atoms with Crippen LogP contribution in [0.1, 0.15) is 16.7 Å². The molecule has 0 spiro atoms. The largest absolute Gasteiger partial charge is 0.496 e. The number of guanidine groups is 1. The zero-order valence-electron chi connectivity index (χ0n) is 14.9. The SMILES string of the molecule is CN=C(NCc1cccc(COC)c1)NCc1ccccc1OC.I. The third-order valence-electron chi connectivity index (χ3n) is 3.62. The standard InChI is InChI=1S/C19H25N3O2.HI/c1-20-19(22-13-17-9-4-5-10-18(17)24-3)21-12-15-7-6-8-16(11-15)14-23-2;/h4-11H,12-14H2,1-3H3,(H2,20,21,22);1H. The predicted octanol–water partition coefficient (Wildman–Crippen LogP) is 3.32. The van der Waals surface area contributed by atoms with Crippen LogP contribution in [0.25, 0.3) is 0 Å². The summed E-state index contributed by atoms with van der Waals surface area (Å²) in [5.41, 5.74) is 3.43. The third kappa shape index (κ3) is 6.91. The van der Waals surface area contributed by atoms with Crippen molar-refractivity contribution in [3.63, 3.8) is 0 Å². The molecular weight excluding hydrogens is 429 g/mol. The first kappa shape index (κ1) is 21.2. The highest BCUT2D eigenvalue weighted by Gasteiger charge is 2.04. The van der Waals surface area contributed by atoms with Gasteiger partial charge in [-0.05, 0) is 17.2 Å². The highest BCUT2D eigenvalue weighted by Crippen LogP contribution is 2.16. The van der Waals surface area contributed by atoms with E-state index in [1.54, 1.807) is 21.3 Å². The predicted molar refractivity (Wildman–Crippen MR) is 113 cm³/mol. The lowest BCUT2D eigenvalue weighted by Gasteiger charge is -2.14. The van der Waals surface area contributed by atoms with Gasteiger partial charge in [0, 0.05) is 32.8 Å². The minimum atomic E-state index is 0. The van der Waals surface area contributed by atoms with E-state index in [-0.39, 0.29) is 24.0 Å². The molecule has 0 aliphatic rings. The van der Waals surface area contributed by atoms with Gasteiger partial charge in [-0.15, -0.1) is 24.0 Å². The van der Waals surface area contributed by atoms with Crippen LogP contribution < -0.4 is 15.4 Å². The van der Waals surface area contributed by atoms with Crippen molar-refractivity contribution in [2.24, 2.45) is 4.99 Å². The molecule has 2 aromatic rings. The van der Waals surface area contributed by atoms with Crippen molar-refractivity contribution in [1.29, 1.82) is 0 Å². The number of para-hydroxylation sites is 1. The van der Waals surface area contributed by atoms with Gasteiger partial charge in [-0.3, -0.25) is 4.99 Å². The molecule has 2 N–H and O–H groups in total. The van der Waals surface area contributed by atoms with E-state index in [1.807, 2.05) is 30.3 Å². The van der Waals surface area contributed by atoms with Gasteiger partial charge in [0.1, 0.15) is 5.75 Å². The molecule has 0 saturated heterocycles. The number of hydrogen-bond acceptors (Lipinski definition) is 3. The number of hydrogen-bond donors (Lipinski definition) is 2. The average Bonchev–Trinajstić information content (AvgIpc) is 2.63. The summed E-state index contributed by atoms with van der Waals surface area (Å²) in [6.45, 7) is 1.96. The summed E-state index contributed by atoms with van der Waals surface area (Å²) < 4.78 is 10.5. The number of benzene rings is 2. The van der Waals surface area contributed by atoms with Crippen molar-refractivity contribution in [2.45, 2.75) is 19.7 Å². The van der Waals surface area contributed by atoms with Gasteiger partial charge >= 0.3 is 0 Å². The van der Waals surface area contributed by atoms with Crippen LogP contribution in [0.5, 0.6) is 5.75 Å². The van der Waals surface area contributed by atoms with Crippen LogP contribution in [0.15, 0.2) is 53.5 Å². The van der Waals surface area contributed by atoms with Gasteiger partial charge in [-0.2, -0.15) is 0 Å². The van der Waals surface area contributed by atoms with Crippen molar-refractivity contribution in [3.8, 4) is 5.75 Å². The Morgan fingerprint density at radius 3 is 2.40 bits per heavy atom. The maximum atomic E-state index is 5.36. The van der Waals surface area contributed by atoms with Crippen LogP contribution in [0.2, 0.25) is 0 Å². The van der Waals surface area contributed by atoms with Crippen molar-refractivity contribution < 1.29 is 9.47 Å². The zero-order chi connectivity index (χ0) is 17.2. The molecule has 0 atom stereocenters. The summed E-state index contributed by atoms with van der Waals surface area (Å²) in [5.74, 6) is 1.62. The molecule has 2 rings (SSSR count). The molecule has 2 aromatic carbocycles. The Bertz CT molecular complexity index is 677. The molecular formula is C19H26IN3O2. The van der Waals surface area contributed by atoms with E-state index in [0.29, 0.717) is 19.7 Å². The van der Waals surface area contributed by atoms with E-state index in [9.17, 15) is 0 Å². The van der Waals surface area contributed by atoms with Gasteiger partial charge in [0.2, 0.25) is 0 Å². The Morgan fingerprint density at radius 2 is 1.68 bits per heavy atom. The molecule has 0 aliphatic carbocycles. The molecule has 0 saturated carbocycles. The summed E-state index contributed by atoms with van der Waals surface area (Å²) in [7, 11) is 5.15. The summed E-state index contributed by atoms with van der Waals surface area (Å²) in [6, 6.07) is 16.3. The molecule has 0 amide bonds. The fourth-order valence-electron chi connectivity index (χ4n) is 2.43. The lowest BCUT2D eigenvalue weighted by molar-refractivity contribution is 0.185. The number of ether oxygens (including phenoxy) is 2. The van der Waals surface area contributed by atoms with E-state index in [4.69, 9.17) is 9.47 Å². The minimum Gasteiger partial charge on any atom is -0.496 e. The second-order valence-electron chi connectivity index (χ2n) is 5.34. The molecule has 0 heterocycles. The lowest BCUT2D eigenvalue weighted by atomic mass is 10.1. The number of nitrogens with zero attached hydrogens (tertiary/aromatic N) is 1. The molecule has 5 nitrogen and oxygen atoms in total. The van der Waals surface area contributed by atoms with E-state index < -0.39 is 0 Å². The highest BCUT2D eigenvalue weighted by atomic mass is 127.